The van der Waals surface area contributed by atoms with Gasteiger partial charge in [0.1, 0.15) is 0 Å². The lowest BCUT2D eigenvalue weighted by Gasteiger charge is -2.15. The molecule has 1 atom stereocenters. The Morgan fingerprint density at radius 3 is 2.50 bits per heavy atom. The predicted octanol–water partition coefficient (Wildman–Crippen LogP) is 2.78. The maximum atomic E-state index is 3.98. The van der Waals surface area contributed by atoms with Crippen LogP contribution in [0, 0.1) is 0 Å². The molecule has 0 heterocycles. The number of rotatable bonds is 5. The Balaban J connectivity index is 2.44. The summed E-state index contributed by atoms with van der Waals surface area (Å²) < 4.78 is 0. The maximum Gasteiger partial charge on any atom is 0.0274 e. The number of hydrogen-bond acceptors (Lipinski definition) is 1. The summed E-state index contributed by atoms with van der Waals surface area (Å²) in [4.78, 5) is 0. The van der Waals surface area contributed by atoms with Gasteiger partial charge in [-0.15, -0.1) is 0 Å². The molecule has 0 amide bonds. The first-order valence-corrected chi connectivity index (χ1v) is 5.10. The lowest BCUT2D eigenvalue weighted by molar-refractivity contribution is 0.588. The Hall–Kier alpha value is -1.08. The lowest BCUT2D eigenvalue weighted by Crippen LogP contribution is -2.26. The van der Waals surface area contributed by atoms with Crippen LogP contribution in [0.1, 0.15) is 18.9 Å². The van der Waals surface area contributed by atoms with Crippen molar-refractivity contribution >= 4 is 0 Å². The van der Waals surface area contributed by atoms with E-state index in [0.717, 1.165) is 12.8 Å². The van der Waals surface area contributed by atoms with Crippen LogP contribution in [0.15, 0.2) is 42.5 Å². The fourth-order valence-electron chi connectivity index (χ4n) is 1.59. The van der Waals surface area contributed by atoms with E-state index in [1.807, 2.05) is 7.05 Å². The summed E-state index contributed by atoms with van der Waals surface area (Å²) in [6, 6.07) is 11.0. The molecule has 0 aliphatic heterocycles. The first-order valence-electron chi connectivity index (χ1n) is 5.10. The molecule has 1 rings (SSSR count). The lowest BCUT2D eigenvalue weighted by atomic mass is 10.0. The van der Waals surface area contributed by atoms with Crippen molar-refractivity contribution in [2.24, 2.45) is 0 Å². The van der Waals surface area contributed by atoms with Crippen LogP contribution in [0.25, 0.3) is 0 Å². The van der Waals surface area contributed by atoms with Crippen LogP contribution in [0.4, 0.5) is 0 Å². The van der Waals surface area contributed by atoms with Crippen LogP contribution >= 0.6 is 0 Å². The van der Waals surface area contributed by atoms with E-state index in [0.29, 0.717) is 6.04 Å². The van der Waals surface area contributed by atoms with E-state index in [-0.39, 0.29) is 0 Å². The molecule has 1 heteroatoms. The average Bonchev–Trinajstić information content (AvgIpc) is 2.20. The summed E-state index contributed by atoms with van der Waals surface area (Å²) in [5, 5.41) is 3.27. The van der Waals surface area contributed by atoms with Gasteiger partial charge in [-0.05, 0) is 32.4 Å². The highest BCUT2D eigenvalue weighted by atomic mass is 14.9. The smallest absolute Gasteiger partial charge is 0.0274 e. The van der Waals surface area contributed by atoms with Gasteiger partial charge >= 0.3 is 0 Å². The van der Waals surface area contributed by atoms with Crippen molar-refractivity contribution in [3.05, 3.63) is 48.0 Å². The molecule has 0 aliphatic carbocycles. The maximum absolute atomic E-state index is 3.98. The second kappa shape index (κ2) is 5.61. The molecule has 1 aromatic rings. The van der Waals surface area contributed by atoms with Crippen LogP contribution in [0.5, 0.6) is 0 Å². The number of aryl methyl sites for hydroxylation is 1. The van der Waals surface area contributed by atoms with Crippen molar-refractivity contribution in [3.8, 4) is 0 Å². The van der Waals surface area contributed by atoms with Crippen molar-refractivity contribution < 1.29 is 0 Å². The summed E-state index contributed by atoms with van der Waals surface area (Å²) in [6.45, 7) is 6.05. The standard InChI is InChI=1S/C13H19N/c1-11(2)13(14-3)10-9-12-7-5-4-6-8-12/h4-8,13-14H,1,9-10H2,2-3H3/t13-/m0/s1. The molecule has 0 fully saturated rings. The van der Waals surface area contributed by atoms with Crippen molar-refractivity contribution in [2.75, 3.05) is 7.05 Å². The molecule has 0 saturated carbocycles. The molecule has 0 radical (unpaired) electrons. The first kappa shape index (κ1) is 11.0. The average molecular weight is 189 g/mol. The highest BCUT2D eigenvalue weighted by Crippen LogP contribution is 2.08. The van der Waals surface area contributed by atoms with Crippen LogP contribution in [0.3, 0.4) is 0 Å². The first-order chi connectivity index (χ1) is 6.74. The number of likely N-dealkylation sites (N-methyl/N-ethyl adjacent to an activating group) is 1. The number of hydrogen-bond donors (Lipinski definition) is 1. The van der Waals surface area contributed by atoms with Crippen LogP contribution in [0.2, 0.25) is 0 Å². The van der Waals surface area contributed by atoms with Crippen LogP contribution in [-0.4, -0.2) is 13.1 Å². The summed E-state index contributed by atoms with van der Waals surface area (Å²) in [5.41, 5.74) is 2.61. The summed E-state index contributed by atoms with van der Waals surface area (Å²) in [5.74, 6) is 0. The van der Waals surface area contributed by atoms with Crippen molar-refractivity contribution in [1.82, 2.24) is 5.32 Å². The van der Waals surface area contributed by atoms with E-state index in [1.54, 1.807) is 0 Å². The fourth-order valence-corrected chi connectivity index (χ4v) is 1.59. The largest absolute Gasteiger partial charge is 0.313 e. The molecule has 0 saturated heterocycles. The molecule has 1 aromatic carbocycles. The Labute approximate surface area is 86.8 Å². The Bertz CT molecular complexity index is 277. The monoisotopic (exact) mass is 189 g/mol. The molecule has 0 bridgehead atoms. The Morgan fingerprint density at radius 2 is 2.00 bits per heavy atom. The van der Waals surface area contributed by atoms with E-state index in [9.17, 15) is 0 Å². The second-order valence-electron chi connectivity index (χ2n) is 3.71. The SMILES string of the molecule is C=C(C)[C@H](CCc1ccccc1)NC. The van der Waals surface area contributed by atoms with Gasteiger partial charge in [0.15, 0.2) is 0 Å². The summed E-state index contributed by atoms with van der Waals surface area (Å²) >= 11 is 0. The molecule has 0 spiro atoms. The van der Waals surface area contributed by atoms with Gasteiger partial charge in [0.25, 0.3) is 0 Å². The van der Waals surface area contributed by atoms with Gasteiger partial charge in [-0.3, -0.25) is 0 Å². The van der Waals surface area contributed by atoms with Gasteiger partial charge < -0.3 is 5.32 Å². The normalized spacial score (nSPS) is 12.4. The molecule has 0 unspecified atom stereocenters. The van der Waals surface area contributed by atoms with Gasteiger partial charge in [-0.25, -0.2) is 0 Å². The molecular formula is C13H19N. The number of nitrogens with one attached hydrogen (secondary N) is 1. The van der Waals surface area contributed by atoms with Crippen LogP contribution < -0.4 is 5.32 Å². The molecule has 76 valence electrons. The minimum absolute atomic E-state index is 0.440. The zero-order valence-corrected chi connectivity index (χ0v) is 9.09. The number of benzene rings is 1. The molecular weight excluding hydrogens is 170 g/mol. The van der Waals surface area contributed by atoms with Crippen molar-refractivity contribution in [2.45, 2.75) is 25.8 Å². The van der Waals surface area contributed by atoms with E-state index >= 15 is 0 Å². The summed E-state index contributed by atoms with van der Waals surface area (Å²) in [6.07, 6.45) is 2.23. The third kappa shape index (κ3) is 3.35. The molecule has 0 aromatic heterocycles. The van der Waals surface area contributed by atoms with Gasteiger partial charge in [-0.2, -0.15) is 0 Å². The van der Waals surface area contributed by atoms with E-state index in [2.05, 4.69) is 49.2 Å². The van der Waals surface area contributed by atoms with Gasteiger partial charge in [0.2, 0.25) is 0 Å². The van der Waals surface area contributed by atoms with Crippen molar-refractivity contribution in [3.63, 3.8) is 0 Å². The Kier molecular flexibility index (Phi) is 4.41. The molecule has 1 nitrogen and oxygen atoms in total. The second-order valence-corrected chi connectivity index (χ2v) is 3.71. The minimum atomic E-state index is 0.440. The van der Waals surface area contributed by atoms with Gasteiger partial charge in [0.05, 0.1) is 0 Å². The van der Waals surface area contributed by atoms with Crippen molar-refractivity contribution in [1.29, 1.82) is 0 Å². The van der Waals surface area contributed by atoms with E-state index in [1.165, 1.54) is 11.1 Å². The third-order valence-corrected chi connectivity index (χ3v) is 2.51. The third-order valence-electron chi connectivity index (χ3n) is 2.51. The zero-order valence-electron chi connectivity index (χ0n) is 9.09. The minimum Gasteiger partial charge on any atom is -0.313 e. The Morgan fingerprint density at radius 1 is 1.36 bits per heavy atom. The fraction of sp³-hybridized carbons (Fsp3) is 0.385. The zero-order chi connectivity index (χ0) is 10.4. The molecule has 0 aliphatic rings. The predicted molar refractivity (Wildman–Crippen MR) is 62.4 cm³/mol. The van der Waals surface area contributed by atoms with Crippen LogP contribution in [-0.2, 0) is 6.42 Å². The van der Waals surface area contributed by atoms with E-state index < -0.39 is 0 Å². The topological polar surface area (TPSA) is 12.0 Å². The van der Waals surface area contributed by atoms with E-state index in [4.69, 9.17) is 0 Å². The highest BCUT2D eigenvalue weighted by Gasteiger charge is 2.05. The quantitative estimate of drug-likeness (QED) is 0.702. The molecule has 1 N–H and O–H groups in total. The van der Waals surface area contributed by atoms with Gasteiger partial charge in [-0.1, -0.05) is 42.5 Å². The van der Waals surface area contributed by atoms with Gasteiger partial charge in [0, 0.05) is 6.04 Å². The highest BCUT2D eigenvalue weighted by molar-refractivity contribution is 5.15. The summed E-state index contributed by atoms with van der Waals surface area (Å²) in [7, 11) is 1.99. The molecule has 14 heavy (non-hydrogen) atoms.